The molecule has 0 aromatic rings. The maximum absolute atomic E-state index is 13.1. The number of aliphatic hydroxyl groups excluding tert-OH is 9. The molecule has 12 atom stereocenters. The van der Waals surface area contributed by atoms with E-state index in [1.807, 2.05) is 0 Å². The number of esters is 3. The smallest absolute Gasteiger partial charge is 0.464 e. The van der Waals surface area contributed by atoms with Crippen molar-refractivity contribution in [2.24, 2.45) is 10.8 Å². The lowest BCUT2D eigenvalue weighted by Crippen LogP contribution is -2.45. The van der Waals surface area contributed by atoms with E-state index in [2.05, 4.69) is 0 Å². The normalized spacial score (nSPS) is 31.6. The van der Waals surface area contributed by atoms with Crippen molar-refractivity contribution in [2.75, 3.05) is 39.6 Å². The molecule has 0 spiro atoms. The number of carbonyl (C=O) groups is 4. The minimum absolute atomic E-state index is 0.0915. The summed E-state index contributed by atoms with van der Waals surface area (Å²) in [5.74, 6) is -3.29. The average Bonchev–Trinajstić information content (AvgIpc) is 3.49. The molecule has 9 N–H and O–H groups in total. The molecule has 2 aliphatic heterocycles. The molecule has 20 heteroatoms. The third kappa shape index (κ3) is 9.41. The van der Waals surface area contributed by atoms with Gasteiger partial charge in [-0.15, -0.1) is 0 Å². The van der Waals surface area contributed by atoms with Gasteiger partial charge in [0, 0.05) is 6.42 Å². The van der Waals surface area contributed by atoms with Gasteiger partial charge in [-0.05, 0) is 13.8 Å². The van der Waals surface area contributed by atoms with Gasteiger partial charge in [0.1, 0.15) is 79.5 Å². The molecule has 0 amide bonds. The highest BCUT2D eigenvalue weighted by Gasteiger charge is 2.51. The molecule has 46 heavy (non-hydrogen) atoms. The molecule has 266 valence electrons. The standard InChI is InChI=1S/C26H42O20/c1-4-13(32)40-9-26(3,23(38)46-21-17(36)15(34)19(44-21)12(31)6-28)10-42-24(39)41-8-25(2,7-29)22(37)45-20-16(35)14(33)18(43-20)11(30)5-27/h11-12,14-21,27-31,33-36H,4-10H2,1-3H3/t11?,12?,14-,15-,16+,17+,18-,19-,20?,21?,25?,26?/m1/s1. The molecule has 0 saturated carbocycles. The predicted molar refractivity (Wildman–Crippen MR) is 142 cm³/mol. The van der Waals surface area contributed by atoms with Gasteiger partial charge in [-0.25, -0.2) is 4.79 Å². The van der Waals surface area contributed by atoms with Gasteiger partial charge in [0.05, 0.1) is 19.8 Å². The second-order valence-corrected chi connectivity index (χ2v) is 11.3. The van der Waals surface area contributed by atoms with Crippen molar-refractivity contribution in [2.45, 2.75) is 88.6 Å². The van der Waals surface area contributed by atoms with Gasteiger partial charge in [-0.3, -0.25) is 14.4 Å². The SMILES string of the molecule is CCC(=O)OCC(C)(COC(=O)OCC(C)(CO)C(=O)OC1O[C@H](C(O)CO)[C@H](O)[C@@H]1O)C(=O)OC1O[C@H](C(O)CO)[C@H](O)[C@@H]1O. The molecule has 2 aliphatic rings. The molecule has 0 aromatic heterocycles. The summed E-state index contributed by atoms with van der Waals surface area (Å²) in [6.45, 7) is -1.48. The number of rotatable bonds is 16. The summed E-state index contributed by atoms with van der Waals surface area (Å²) in [6.07, 6.45) is -18.7. The maximum Gasteiger partial charge on any atom is 0.508 e. The molecular weight excluding hydrogens is 632 g/mol. The summed E-state index contributed by atoms with van der Waals surface area (Å²) in [5, 5.41) is 87.8. The van der Waals surface area contributed by atoms with Crippen molar-refractivity contribution < 1.29 is 98.3 Å². The lowest BCUT2D eigenvalue weighted by Gasteiger charge is -2.29. The quantitative estimate of drug-likeness (QED) is 0.0545. The largest absolute Gasteiger partial charge is 0.508 e. The molecular formula is C26H42O20. The predicted octanol–water partition coefficient (Wildman–Crippen LogP) is -5.22. The van der Waals surface area contributed by atoms with E-state index in [1.165, 1.54) is 6.92 Å². The Morgan fingerprint density at radius 3 is 1.46 bits per heavy atom. The van der Waals surface area contributed by atoms with E-state index in [0.717, 1.165) is 13.8 Å². The molecule has 0 radical (unpaired) electrons. The van der Waals surface area contributed by atoms with E-state index in [-0.39, 0.29) is 6.42 Å². The van der Waals surface area contributed by atoms with E-state index >= 15 is 0 Å². The van der Waals surface area contributed by atoms with Crippen molar-refractivity contribution in [3.63, 3.8) is 0 Å². The van der Waals surface area contributed by atoms with Crippen LogP contribution in [0.15, 0.2) is 0 Å². The average molecular weight is 675 g/mol. The third-order valence-corrected chi connectivity index (χ3v) is 7.28. The van der Waals surface area contributed by atoms with E-state index in [1.54, 1.807) is 0 Å². The number of carbonyl (C=O) groups excluding carboxylic acids is 4. The van der Waals surface area contributed by atoms with Crippen LogP contribution in [0, 0.1) is 10.8 Å². The summed E-state index contributed by atoms with van der Waals surface area (Å²) in [4.78, 5) is 50.0. The minimum atomic E-state index is -1.99. The topological polar surface area (TPSA) is 315 Å². The summed E-state index contributed by atoms with van der Waals surface area (Å²) in [6, 6.07) is 0. The molecule has 0 bridgehead atoms. The monoisotopic (exact) mass is 674 g/mol. The Kier molecular flexibility index (Phi) is 14.5. The van der Waals surface area contributed by atoms with Gasteiger partial charge < -0.3 is 79.1 Å². The van der Waals surface area contributed by atoms with Crippen molar-refractivity contribution in [3.8, 4) is 0 Å². The second-order valence-electron chi connectivity index (χ2n) is 11.3. The second kappa shape index (κ2) is 16.9. The molecule has 20 nitrogen and oxygen atoms in total. The van der Waals surface area contributed by atoms with Crippen molar-refractivity contribution >= 4 is 24.1 Å². The van der Waals surface area contributed by atoms with Crippen LogP contribution >= 0.6 is 0 Å². The van der Waals surface area contributed by atoms with Gasteiger partial charge >= 0.3 is 24.1 Å². The zero-order valence-electron chi connectivity index (χ0n) is 25.2. The van der Waals surface area contributed by atoms with E-state index in [0.29, 0.717) is 0 Å². The Balaban J connectivity index is 2.04. The zero-order chi connectivity index (χ0) is 35.0. The van der Waals surface area contributed by atoms with Crippen LogP contribution in [0.3, 0.4) is 0 Å². The number of hydrogen-bond acceptors (Lipinski definition) is 20. The van der Waals surface area contributed by atoms with Crippen LogP contribution in [0.4, 0.5) is 4.79 Å². The zero-order valence-corrected chi connectivity index (χ0v) is 25.2. The molecule has 2 saturated heterocycles. The van der Waals surface area contributed by atoms with Gasteiger partial charge in [0.2, 0.25) is 12.6 Å². The van der Waals surface area contributed by atoms with Crippen LogP contribution in [-0.2, 0) is 47.5 Å². The van der Waals surface area contributed by atoms with E-state index in [4.69, 9.17) is 43.4 Å². The van der Waals surface area contributed by atoms with Crippen LogP contribution in [-0.4, -0.2) is 171 Å². The highest BCUT2D eigenvalue weighted by Crippen LogP contribution is 2.30. The van der Waals surface area contributed by atoms with Gasteiger partial charge in [-0.2, -0.15) is 0 Å². The van der Waals surface area contributed by atoms with Gasteiger partial charge in [0.15, 0.2) is 0 Å². The Bertz CT molecular complexity index is 1040. The van der Waals surface area contributed by atoms with Gasteiger partial charge in [0.25, 0.3) is 0 Å². The van der Waals surface area contributed by atoms with Crippen molar-refractivity contribution in [1.29, 1.82) is 0 Å². The van der Waals surface area contributed by atoms with Crippen molar-refractivity contribution in [3.05, 3.63) is 0 Å². The summed E-state index contributed by atoms with van der Waals surface area (Å²) < 4.78 is 35.2. The third-order valence-electron chi connectivity index (χ3n) is 7.28. The first-order valence-corrected chi connectivity index (χ1v) is 14.1. The fourth-order valence-corrected chi connectivity index (χ4v) is 4.03. The Morgan fingerprint density at radius 1 is 0.674 bits per heavy atom. The summed E-state index contributed by atoms with van der Waals surface area (Å²) in [5.41, 5.74) is -3.97. The molecule has 0 aliphatic carbocycles. The Labute approximate surface area is 261 Å². The van der Waals surface area contributed by atoms with Crippen LogP contribution in [0.25, 0.3) is 0 Å². The Hall–Kier alpha value is -2.76. The van der Waals surface area contributed by atoms with Crippen LogP contribution in [0.5, 0.6) is 0 Å². The number of hydrogen-bond donors (Lipinski definition) is 9. The van der Waals surface area contributed by atoms with E-state index < -0.39 is 136 Å². The van der Waals surface area contributed by atoms with E-state index in [9.17, 15) is 54.9 Å². The fraction of sp³-hybridized carbons (Fsp3) is 0.846. The first-order valence-electron chi connectivity index (χ1n) is 14.1. The lowest BCUT2D eigenvalue weighted by molar-refractivity contribution is -0.208. The van der Waals surface area contributed by atoms with Gasteiger partial charge in [-0.1, -0.05) is 6.92 Å². The number of aliphatic hydroxyl groups is 9. The minimum Gasteiger partial charge on any atom is -0.464 e. The Morgan fingerprint density at radius 2 is 1.07 bits per heavy atom. The molecule has 0 aromatic carbocycles. The maximum atomic E-state index is 13.1. The molecule has 2 rings (SSSR count). The summed E-state index contributed by atoms with van der Waals surface area (Å²) in [7, 11) is 0. The number of ether oxygens (including phenoxy) is 7. The highest BCUT2D eigenvalue weighted by molar-refractivity contribution is 5.79. The lowest BCUT2D eigenvalue weighted by atomic mass is 9.93. The first kappa shape index (κ1) is 39.4. The molecule has 2 fully saturated rings. The first-order chi connectivity index (χ1) is 21.5. The molecule has 6 unspecified atom stereocenters. The van der Waals surface area contributed by atoms with Crippen molar-refractivity contribution in [1.82, 2.24) is 0 Å². The summed E-state index contributed by atoms with van der Waals surface area (Å²) >= 11 is 0. The molecule has 2 heterocycles. The van der Waals surface area contributed by atoms with Crippen LogP contribution < -0.4 is 0 Å². The van der Waals surface area contributed by atoms with Crippen LogP contribution in [0.1, 0.15) is 27.2 Å². The van der Waals surface area contributed by atoms with Crippen LogP contribution in [0.2, 0.25) is 0 Å². The fourth-order valence-electron chi connectivity index (χ4n) is 4.03. The highest BCUT2D eigenvalue weighted by atomic mass is 16.7.